The van der Waals surface area contributed by atoms with Crippen LogP contribution in [0, 0.1) is 0 Å². The Hall–Kier alpha value is -1.46. The topological polar surface area (TPSA) is 33.2 Å². The summed E-state index contributed by atoms with van der Waals surface area (Å²) in [5, 5.41) is 2.08. The fourth-order valence-electron chi connectivity index (χ4n) is 2.74. The molecule has 20 heavy (non-hydrogen) atoms. The van der Waals surface area contributed by atoms with E-state index in [4.69, 9.17) is 0 Å². The fourth-order valence-corrected chi connectivity index (χ4v) is 5.12. The lowest BCUT2D eigenvalue weighted by atomic mass is 10.1. The first-order chi connectivity index (χ1) is 9.83. The minimum atomic E-state index is -0.0690. The van der Waals surface area contributed by atoms with Gasteiger partial charge in [-0.15, -0.1) is 11.3 Å². The van der Waals surface area contributed by atoms with Crippen LogP contribution in [0.2, 0.25) is 0 Å². The lowest BCUT2D eigenvalue weighted by Crippen LogP contribution is -2.30. The normalized spacial score (nSPS) is 16.1. The van der Waals surface area contributed by atoms with Crippen LogP contribution in [0.1, 0.15) is 19.3 Å². The highest BCUT2D eigenvalue weighted by Crippen LogP contribution is 2.36. The number of aromatic nitrogens is 1. The minimum Gasteiger partial charge on any atom is -0.348 e. The molecule has 1 aliphatic rings. The highest BCUT2D eigenvalue weighted by molar-refractivity contribution is 7.32. The van der Waals surface area contributed by atoms with Gasteiger partial charge >= 0.3 is 0 Å². The molecule has 3 heterocycles. The van der Waals surface area contributed by atoms with Gasteiger partial charge in [0.15, 0.2) is 5.13 Å². The molecule has 0 atom stereocenters. The highest BCUT2D eigenvalue weighted by atomic mass is 32.1. The van der Waals surface area contributed by atoms with Crippen molar-refractivity contribution in [1.82, 2.24) is 4.98 Å². The van der Waals surface area contributed by atoms with Crippen LogP contribution >= 0.6 is 22.7 Å². The van der Waals surface area contributed by atoms with Crippen molar-refractivity contribution in [2.75, 3.05) is 18.0 Å². The molecule has 1 aliphatic heterocycles. The molecule has 0 saturated carbocycles. The van der Waals surface area contributed by atoms with E-state index in [1.807, 2.05) is 12.1 Å². The van der Waals surface area contributed by atoms with Crippen LogP contribution in [0.15, 0.2) is 29.1 Å². The molecule has 2 aromatic heterocycles. The molecule has 0 radical (unpaired) electrons. The number of thiophene rings is 1. The predicted molar refractivity (Wildman–Crippen MR) is 87.3 cm³/mol. The molecule has 1 saturated heterocycles. The minimum absolute atomic E-state index is 0.0690. The first kappa shape index (κ1) is 12.3. The average Bonchev–Trinajstić information content (AvgIpc) is 2.88. The van der Waals surface area contributed by atoms with Gasteiger partial charge in [-0.05, 0) is 25.3 Å². The summed E-state index contributed by atoms with van der Waals surface area (Å²) >= 11 is 3.23. The molecule has 0 N–H and O–H groups in total. The van der Waals surface area contributed by atoms with Crippen LogP contribution in [0.5, 0.6) is 0 Å². The first-order valence-electron chi connectivity index (χ1n) is 6.90. The van der Waals surface area contributed by atoms with Gasteiger partial charge in [-0.3, -0.25) is 4.79 Å². The second-order valence-corrected chi connectivity index (χ2v) is 7.14. The Morgan fingerprint density at radius 2 is 1.80 bits per heavy atom. The molecule has 1 aromatic carbocycles. The van der Waals surface area contributed by atoms with E-state index in [9.17, 15) is 4.79 Å². The van der Waals surface area contributed by atoms with Gasteiger partial charge in [-0.1, -0.05) is 29.5 Å². The number of piperidine rings is 1. The molecule has 0 aliphatic carbocycles. The lowest BCUT2D eigenvalue weighted by Gasteiger charge is -2.26. The number of hydrogen-bond donors (Lipinski definition) is 0. The van der Waals surface area contributed by atoms with E-state index < -0.39 is 0 Å². The third kappa shape index (κ3) is 1.93. The third-order valence-corrected chi connectivity index (χ3v) is 6.21. The van der Waals surface area contributed by atoms with Gasteiger partial charge in [0.1, 0.15) is 4.70 Å². The van der Waals surface area contributed by atoms with Crippen molar-refractivity contribution in [1.29, 1.82) is 0 Å². The van der Waals surface area contributed by atoms with E-state index in [0.29, 0.717) is 0 Å². The van der Waals surface area contributed by atoms with Gasteiger partial charge in [0.25, 0.3) is 5.56 Å². The number of nitrogens with zero attached hydrogens (tertiary/aromatic N) is 2. The Morgan fingerprint density at radius 3 is 2.65 bits per heavy atom. The van der Waals surface area contributed by atoms with E-state index in [1.165, 1.54) is 29.3 Å². The molecular weight excluding hydrogens is 288 g/mol. The summed E-state index contributed by atoms with van der Waals surface area (Å²) in [6.45, 7) is 2.05. The van der Waals surface area contributed by atoms with E-state index >= 15 is 0 Å². The second kappa shape index (κ2) is 4.82. The zero-order valence-electron chi connectivity index (χ0n) is 11.0. The Bertz CT molecular complexity index is 831. The van der Waals surface area contributed by atoms with Crippen molar-refractivity contribution in [3.63, 3.8) is 0 Å². The van der Waals surface area contributed by atoms with Crippen LogP contribution in [0.25, 0.3) is 19.5 Å². The van der Waals surface area contributed by atoms with Gasteiger partial charge in [-0.2, -0.15) is 4.98 Å². The van der Waals surface area contributed by atoms with Crippen LogP contribution in [0.4, 0.5) is 5.13 Å². The molecule has 1 fully saturated rings. The smallest absolute Gasteiger partial charge is 0.291 e. The Balaban J connectivity index is 1.95. The second-order valence-electron chi connectivity index (χ2n) is 5.11. The Morgan fingerprint density at radius 1 is 1.00 bits per heavy atom. The zero-order chi connectivity index (χ0) is 13.5. The van der Waals surface area contributed by atoms with E-state index in [1.54, 1.807) is 22.7 Å². The highest BCUT2D eigenvalue weighted by Gasteiger charge is 2.17. The summed E-state index contributed by atoms with van der Waals surface area (Å²) in [6, 6.07) is 8.23. The predicted octanol–water partition coefficient (Wildman–Crippen LogP) is 3.86. The lowest BCUT2D eigenvalue weighted by molar-refractivity contribution is 0.576. The molecule has 102 valence electrons. The summed E-state index contributed by atoms with van der Waals surface area (Å²) < 4.78 is 3.08. The van der Waals surface area contributed by atoms with Crippen molar-refractivity contribution in [2.24, 2.45) is 0 Å². The van der Waals surface area contributed by atoms with E-state index in [-0.39, 0.29) is 5.56 Å². The molecule has 0 spiro atoms. The molecule has 3 aromatic rings. The first-order valence-corrected chi connectivity index (χ1v) is 8.53. The van der Waals surface area contributed by atoms with Crippen LogP contribution in [0.3, 0.4) is 0 Å². The SMILES string of the molecule is O=c1nc(N2CCCCC2)sc2c1sc1ccccc12. The largest absolute Gasteiger partial charge is 0.348 e. The monoisotopic (exact) mass is 302 g/mol. The third-order valence-electron chi connectivity index (χ3n) is 3.76. The van der Waals surface area contributed by atoms with Crippen LogP contribution in [-0.2, 0) is 0 Å². The van der Waals surface area contributed by atoms with Gasteiger partial charge < -0.3 is 4.90 Å². The van der Waals surface area contributed by atoms with Crippen molar-refractivity contribution in [3.05, 3.63) is 34.6 Å². The number of fused-ring (bicyclic) bond motifs is 3. The molecule has 3 nitrogen and oxygen atoms in total. The van der Waals surface area contributed by atoms with Crippen molar-refractivity contribution < 1.29 is 0 Å². The summed E-state index contributed by atoms with van der Waals surface area (Å²) in [5.74, 6) is 0. The Kier molecular flexibility index (Phi) is 2.97. The number of hydrogen-bond acceptors (Lipinski definition) is 5. The number of anilines is 1. The molecule has 0 unspecified atom stereocenters. The molecule has 4 rings (SSSR count). The van der Waals surface area contributed by atoms with Crippen LogP contribution in [-0.4, -0.2) is 18.1 Å². The quantitative estimate of drug-likeness (QED) is 0.684. The summed E-state index contributed by atoms with van der Waals surface area (Å²) in [5.41, 5.74) is -0.0690. The van der Waals surface area contributed by atoms with E-state index in [2.05, 4.69) is 22.0 Å². The molecule has 0 amide bonds. The molecular formula is C15H14N2OS2. The van der Waals surface area contributed by atoms with Crippen molar-refractivity contribution in [2.45, 2.75) is 19.3 Å². The Labute approximate surface area is 124 Å². The standard InChI is InChI=1S/C15H14N2OS2/c18-14-13-12(10-6-2-3-7-11(10)19-13)20-15(16-14)17-8-4-1-5-9-17/h2-3,6-7H,1,4-5,8-9H2. The number of benzene rings is 1. The average molecular weight is 302 g/mol. The van der Waals surface area contributed by atoms with Crippen molar-refractivity contribution in [3.8, 4) is 0 Å². The molecule has 5 heteroatoms. The summed E-state index contributed by atoms with van der Waals surface area (Å²) in [4.78, 5) is 18.9. The van der Waals surface area contributed by atoms with Gasteiger partial charge in [0, 0.05) is 23.2 Å². The zero-order valence-corrected chi connectivity index (χ0v) is 12.6. The van der Waals surface area contributed by atoms with Crippen LogP contribution < -0.4 is 10.5 Å². The molecule has 0 bridgehead atoms. The van der Waals surface area contributed by atoms with Gasteiger partial charge in [-0.25, -0.2) is 0 Å². The summed E-state index contributed by atoms with van der Waals surface area (Å²) in [6.07, 6.45) is 3.69. The van der Waals surface area contributed by atoms with Gasteiger partial charge in [0.2, 0.25) is 0 Å². The summed E-state index contributed by atoms with van der Waals surface area (Å²) in [7, 11) is 0. The van der Waals surface area contributed by atoms with Gasteiger partial charge in [0.05, 0.1) is 4.70 Å². The maximum atomic E-state index is 12.3. The fraction of sp³-hybridized carbons (Fsp3) is 0.333. The maximum absolute atomic E-state index is 12.3. The maximum Gasteiger partial charge on any atom is 0.291 e. The number of rotatable bonds is 1. The van der Waals surface area contributed by atoms with Crippen molar-refractivity contribution >= 4 is 47.3 Å². The van der Waals surface area contributed by atoms with E-state index in [0.717, 1.165) is 27.6 Å².